The van der Waals surface area contributed by atoms with Gasteiger partial charge in [-0.3, -0.25) is 0 Å². The Kier molecular flexibility index (Phi) is 2.52. The van der Waals surface area contributed by atoms with Gasteiger partial charge in [-0.2, -0.15) is 0 Å². The first-order valence-corrected chi connectivity index (χ1v) is 6.15. The average Bonchev–Trinajstić information content (AvgIpc) is 3.07. The zero-order valence-corrected chi connectivity index (χ0v) is 9.47. The van der Waals surface area contributed by atoms with Crippen LogP contribution in [0.3, 0.4) is 0 Å². The summed E-state index contributed by atoms with van der Waals surface area (Å²) in [6.07, 6.45) is 5.61. The van der Waals surface area contributed by atoms with Crippen LogP contribution >= 0.6 is 0 Å². The molecule has 1 atom stereocenters. The molecule has 1 saturated carbocycles. The Morgan fingerprint density at radius 2 is 2.25 bits per heavy atom. The lowest BCUT2D eigenvalue weighted by Gasteiger charge is -2.17. The first kappa shape index (κ1) is 10.0. The van der Waals surface area contributed by atoms with Crippen molar-refractivity contribution in [1.29, 1.82) is 0 Å². The topological polar surface area (TPSA) is 55.0 Å². The fraction of sp³-hybridized carbons (Fsp3) is 0.667. The van der Waals surface area contributed by atoms with Crippen LogP contribution in [0.5, 0.6) is 0 Å². The third-order valence-electron chi connectivity index (χ3n) is 3.55. The van der Waals surface area contributed by atoms with E-state index in [1.54, 1.807) is 0 Å². The number of rotatable bonds is 3. The van der Waals surface area contributed by atoms with Crippen molar-refractivity contribution in [2.24, 2.45) is 11.7 Å². The second kappa shape index (κ2) is 4.01. The van der Waals surface area contributed by atoms with Crippen molar-refractivity contribution in [2.75, 3.05) is 24.5 Å². The summed E-state index contributed by atoms with van der Waals surface area (Å²) >= 11 is 0. The highest BCUT2D eigenvalue weighted by Crippen LogP contribution is 2.38. The number of aromatic nitrogens is 2. The molecule has 0 amide bonds. The van der Waals surface area contributed by atoms with E-state index in [4.69, 9.17) is 5.73 Å². The number of nitrogens with zero attached hydrogens (tertiary/aromatic N) is 3. The molecular formula is C12H18N4. The SMILES string of the molecule is NCC1CCN(c2ccnc(C3CC3)n2)C1. The van der Waals surface area contributed by atoms with Gasteiger partial charge in [-0.05, 0) is 37.8 Å². The lowest BCUT2D eigenvalue weighted by atomic mass is 10.1. The summed E-state index contributed by atoms with van der Waals surface area (Å²) in [5.74, 6) is 3.40. The molecule has 1 aliphatic carbocycles. The molecular weight excluding hydrogens is 200 g/mol. The maximum atomic E-state index is 5.70. The van der Waals surface area contributed by atoms with E-state index < -0.39 is 0 Å². The number of hydrogen-bond donors (Lipinski definition) is 1. The van der Waals surface area contributed by atoms with E-state index in [1.165, 1.54) is 19.3 Å². The minimum atomic E-state index is 0.632. The van der Waals surface area contributed by atoms with E-state index in [-0.39, 0.29) is 0 Å². The highest BCUT2D eigenvalue weighted by atomic mass is 15.2. The van der Waals surface area contributed by atoms with Crippen molar-refractivity contribution >= 4 is 5.82 Å². The molecule has 4 nitrogen and oxygen atoms in total. The smallest absolute Gasteiger partial charge is 0.133 e. The highest BCUT2D eigenvalue weighted by Gasteiger charge is 2.28. The number of hydrogen-bond acceptors (Lipinski definition) is 4. The highest BCUT2D eigenvalue weighted by molar-refractivity contribution is 5.39. The van der Waals surface area contributed by atoms with E-state index >= 15 is 0 Å². The summed E-state index contributed by atoms with van der Waals surface area (Å²) in [4.78, 5) is 11.3. The Hall–Kier alpha value is -1.16. The Labute approximate surface area is 95.9 Å². The van der Waals surface area contributed by atoms with Gasteiger partial charge in [0.2, 0.25) is 0 Å². The Morgan fingerprint density at radius 3 is 2.94 bits per heavy atom. The standard InChI is InChI=1S/C12H18N4/c13-7-9-4-6-16(8-9)11-3-5-14-12(15-11)10-1-2-10/h3,5,9-10H,1-2,4,6-8,13H2. The Bertz CT molecular complexity index is 375. The maximum absolute atomic E-state index is 5.70. The molecule has 0 spiro atoms. The predicted octanol–water partition coefficient (Wildman–Crippen LogP) is 1.14. The van der Waals surface area contributed by atoms with Crippen molar-refractivity contribution in [3.05, 3.63) is 18.1 Å². The molecule has 2 N–H and O–H groups in total. The summed E-state index contributed by atoms with van der Waals surface area (Å²) in [6, 6.07) is 2.02. The van der Waals surface area contributed by atoms with E-state index in [2.05, 4.69) is 14.9 Å². The van der Waals surface area contributed by atoms with Gasteiger partial charge < -0.3 is 10.6 Å². The molecule has 2 heterocycles. The van der Waals surface area contributed by atoms with Crippen LogP contribution in [0.4, 0.5) is 5.82 Å². The van der Waals surface area contributed by atoms with E-state index in [9.17, 15) is 0 Å². The lowest BCUT2D eigenvalue weighted by Crippen LogP contribution is -2.23. The third-order valence-corrected chi connectivity index (χ3v) is 3.55. The molecule has 1 aromatic rings. The molecule has 3 rings (SSSR count). The van der Waals surface area contributed by atoms with Gasteiger partial charge in [0.25, 0.3) is 0 Å². The predicted molar refractivity (Wildman–Crippen MR) is 63.4 cm³/mol. The number of nitrogens with two attached hydrogens (primary N) is 1. The first-order chi connectivity index (χ1) is 7.86. The minimum absolute atomic E-state index is 0.632. The van der Waals surface area contributed by atoms with Crippen LogP contribution in [-0.2, 0) is 0 Å². The van der Waals surface area contributed by atoms with Crippen LogP contribution in [0.25, 0.3) is 0 Å². The number of anilines is 1. The maximum Gasteiger partial charge on any atom is 0.133 e. The lowest BCUT2D eigenvalue weighted by molar-refractivity contribution is 0.602. The van der Waals surface area contributed by atoms with Gasteiger partial charge in [0, 0.05) is 25.2 Å². The van der Waals surface area contributed by atoms with E-state index in [0.29, 0.717) is 11.8 Å². The fourth-order valence-electron chi connectivity index (χ4n) is 2.31. The molecule has 0 bridgehead atoms. The molecule has 0 radical (unpaired) electrons. The van der Waals surface area contributed by atoms with Crippen LogP contribution in [0, 0.1) is 5.92 Å². The van der Waals surface area contributed by atoms with Crippen molar-refractivity contribution in [3.63, 3.8) is 0 Å². The molecule has 2 fully saturated rings. The van der Waals surface area contributed by atoms with Gasteiger partial charge in [0.1, 0.15) is 11.6 Å². The van der Waals surface area contributed by atoms with Gasteiger partial charge in [-0.15, -0.1) is 0 Å². The van der Waals surface area contributed by atoms with Crippen molar-refractivity contribution in [2.45, 2.75) is 25.2 Å². The summed E-state index contributed by atoms with van der Waals surface area (Å²) in [6.45, 7) is 2.93. The zero-order chi connectivity index (χ0) is 11.0. The first-order valence-electron chi connectivity index (χ1n) is 6.15. The van der Waals surface area contributed by atoms with Crippen LogP contribution in [0.2, 0.25) is 0 Å². The van der Waals surface area contributed by atoms with Crippen LogP contribution in [0.15, 0.2) is 12.3 Å². The molecule has 4 heteroatoms. The summed E-state index contributed by atoms with van der Waals surface area (Å²) < 4.78 is 0. The summed E-state index contributed by atoms with van der Waals surface area (Å²) in [5.41, 5.74) is 5.70. The fourth-order valence-corrected chi connectivity index (χ4v) is 2.31. The van der Waals surface area contributed by atoms with Gasteiger partial charge in [-0.25, -0.2) is 9.97 Å². The molecule has 0 aromatic carbocycles. The minimum Gasteiger partial charge on any atom is -0.356 e. The van der Waals surface area contributed by atoms with E-state index in [0.717, 1.165) is 31.3 Å². The molecule has 1 unspecified atom stereocenters. The molecule has 1 aliphatic heterocycles. The van der Waals surface area contributed by atoms with Gasteiger partial charge in [0.05, 0.1) is 0 Å². The van der Waals surface area contributed by atoms with Crippen molar-refractivity contribution < 1.29 is 0 Å². The molecule has 16 heavy (non-hydrogen) atoms. The second-order valence-electron chi connectivity index (χ2n) is 4.88. The normalized spacial score (nSPS) is 25.1. The van der Waals surface area contributed by atoms with Gasteiger partial charge in [0.15, 0.2) is 0 Å². The van der Waals surface area contributed by atoms with Gasteiger partial charge in [-0.1, -0.05) is 0 Å². The molecule has 1 aromatic heterocycles. The van der Waals surface area contributed by atoms with Crippen molar-refractivity contribution in [3.8, 4) is 0 Å². The largest absolute Gasteiger partial charge is 0.356 e. The van der Waals surface area contributed by atoms with Gasteiger partial charge >= 0.3 is 0 Å². The zero-order valence-electron chi connectivity index (χ0n) is 9.47. The Morgan fingerprint density at radius 1 is 1.38 bits per heavy atom. The molecule has 1 saturated heterocycles. The third kappa shape index (κ3) is 1.89. The monoisotopic (exact) mass is 218 g/mol. The van der Waals surface area contributed by atoms with Crippen LogP contribution in [0.1, 0.15) is 31.0 Å². The molecule has 2 aliphatic rings. The Balaban J connectivity index is 1.76. The summed E-state index contributed by atoms with van der Waals surface area (Å²) in [7, 11) is 0. The van der Waals surface area contributed by atoms with Crippen molar-refractivity contribution in [1.82, 2.24) is 9.97 Å². The molecule has 86 valence electrons. The second-order valence-corrected chi connectivity index (χ2v) is 4.88. The summed E-state index contributed by atoms with van der Waals surface area (Å²) in [5, 5.41) is 0. The van der Waals surface area contributed by atoms with E-state index in [1.807, 2.05) is 12.3 Å². The quantitative estimate of drug-likeness (QED) is 0.826. The van der Waals surface area contributed by atoms with Crippen LogP contribution < -0.4 is 10.6 Å². The van der Waals surface area contributed by atoms with Crippen LogP contribution in [-0.4, -0.2) is 29.6 Å². The average molecular weight is 218 g/mol.